The Balaban J connectivity index is 1.40. The van der Waals surface area contributed by atoms with Crippen LogP contribution in [0.25, 0.3) is 11.3 Å². The Morgan fingerprint density at radius 1 is 1.17 bits per heavy atom. The molecular weight excluding hydrogens is 575 g/mol. The van der Waals surface area contributed by atoms with Gasteiger partial charge in [0, 0.05) is 16.3 Å². The molecule has 0 fully saturated rings. The highest BCUT2D eigenvalue weighted by atomic mass is 35.5. The zero-order chi connectivity index (χ0) is 29.5. The Hall–Kier alpha value is -4.19. The number of aliphatic hydroxyl groups is 1. The average molecular weight is 603 g/mol. The Kier molecular flexibility index (Phi) is 9.77. The molecule has 0 unspecified atom stereocenters. The summed E-state index contributed by atoms with van der Waals surface area (Å²) in [4.78, 5) is 24.5. The number of esters is 1. The first-order valence-corrected chi connectivity index (χ1v) is 13.2. The maximum Gasteiger partial charge on any atom is 0.337 e. The summed E-state index contributed by atoms with van der Waals surface area (Å²) in [6.07, 6.45) is 0.236. The van der Waals surface area contributed by atoms with Gasteiger partial charge in [-0.1, -0.05) is 29.3 Å². The smallest absolute Gasteiger partial charge is 0.337 e. The van der Waals surface area contributed by atoms with E-state index >= 15 is 0 Å². The molecule has 0 saturated carbocycles. The van der Waals surface area contributed by atoms with Crippen LogP contribution < -0.4 is 25.5 Å². The molecule has 2 amide bonds. The van der Waals surface area contributed by atoms with Crippen LogP contribution in [0.15, 0.2) is 69.3 Å². The average Bonchev–Trinajstić information content (AvgIpc) is 3.40. The lowest BCUT2D eigenvalue weighted by Gasteiger charge is -2.28. The summed E-state index contributed by atoms with van der Waals surface area (Å²) in [6, 6.07) is 12.3. The van der Waals surface area contributed by atoms with Gasteiger partial charge in [-0.3, -0.25) is 5.43 Å². The zero-order valence-electron chi connectivity index (χ0n) is 22.4. The van der Waals surface area contributed by atoms with Gasteiger partial charge in [0.15, 0.2) is 17.7 Å². The summed E-state index contributed by atoms with van der Waals surface area (Å²) in [5, 5.41) is 20.6. The molecule has 4 rings (SSSR count). The topological polar surface area (TPSA) is 144 Å². The number of amides is 2. The van der Waals surface area contributed by atoms with Crippen LogP contribution >= 0.6 is 23.2 Å². The third kappa shape index (κ3) is 7.31. The van der Waals surface area contributed by atoms with Gasteiger partial charge in [-0.25, -0.2) is 9.59 Å². The van der Waals surface area contributed by atoms with Gasteiger partial charge in [-0.15, -0.1) is 0 Å². The highest BCUT2D eigenvalue weighted by Gasteiger charge is 2.32. The lowest BCUT2D eigenvalue weighted by Crippen LogP contribution is -2.45. The van der Waals surface area contributed by atoms with E-state index in [4.69, 9.17) is 41.8 Å². The number of halogens is 2. The number of hydrogen-bond acceptors (Lipinski definition) is 9. The van der Waals surface area contributed by atoms with Crippen LogP contribution in [-0.2, 0) is 9.53 Å². The fourth-order valence-electron chi connectivity index (χ4n) is 4.07. The lowest BCUT2D eigenvalue weighted by atomic mass is 9.95. The molecule has 4 N–H and O–H groups in total. The van der Waals surface area contributed by atoms with E-state index in [1.54, 1.807) is 62.4 Å². The van der Waals surface area contributed by atoms with Gasteiger partial charge in [0.2, 0.25) is 0 Å². The first-order valence-electron chi connectivity index (χ1n) is 12.5. The summed E-state index contributed by atoms with van der Waals surface area (Å²) < 4.78 is 22.1. The Labute approximate surface area is 246 Å². The molecule has 2 heterocycles. The van der Waals surface area contributed by atoms with E-state index in [0.29, 0.717) is 56.5 Å². The van der Waals surface area contributed by atoms with Gasteiger partial charge in [-0.2, -0.15) is 5.10 Å². The van der Waals surface area contributed by atoms with Gasteiger partial charge in [-0.05, 0) is 61.9 Å². The molecule has 0 spiro atoms. The minimum atomic E-state index is -1.17. The fourth-order valence-corrected chi connectivity index (χ4v) is 4.57. The Morgan fingerprint density at radius 3 is 2.71 bits per heavy atom. The van der Waals surface area contributed by atoms with Gasteiger partial charge in [0.25, 0.3) is 0 Å². The summed E-state index contributed by atoms with van der Waals surface area (Å²) in [5.74, 6) is 1.10. The van der Waals surface area contributed by atoms with Gasteiger partial charge in [0.05, 0.1) is 36.6 Å². The molecule has 3 aromatic rings. The minimum absolute atomic E-state index is 0.170. The van der Waals surface area contributed by atoms with Crippen molar-refractivity contribution in [3.8, 4) is 22.8 Å². The number of urea groups is 1. The summed E-state index contributed by atoms with van der Waals surface area (Å²) in [6.45, 7) is 3.58. The second-order valence-electron chi connectivity index (χ2n) is 8.74. The number of furan rings is 1. The van der Waals surface area contributed by atoms with Crippen LogP contribution in [-0.4, -0.2) is 49.9 Å². The van der Waals surface area contributed by atoms with Crippen molar-refractivity contribution in [2.24, 2.45) is 5.10 Å². The number of carbonyl (C=O) groups excluding carboxylic acids is 2. The van der Waals surface area contributed by atoms with Crippen molar-refractivity contribution in [2.75, 3.05) is 20.3 Å². The maximum atomic E-state index is 12.4. The van der Waals surface area contributed by atoms with Crippen molar-refractivity contribution in [3.05, 3.63) is 81.2 Å². The van der Waals surface area contributed by atoms with Gasteiger partial charge in [0.1, 0.15) is 18.1 Å². The van der Waals surface area contributed by atoms with Crippen molar-refractivity contribution in [2.45, 2.75) is 26.1 Å². The first kappa shape index (κ1) is 29.8. The molecule has 1 aliphatic rings. The van der Waals surface area contributed by atoms with E-state index in [1.807, 2.05) is 0 Å². The van der Waals surface area contributed by atoms with Crippen molar-refractivity contribution in [1.82, 2.24) is 16.1 Å². The van der Waals surface area contributed by atoms with E-state index in [0.717, 1.165) is 0 Å². The number of rotatable bonds is 11. The number of carbonyl (C=O) groups is 2. The summed E-state index contributed by atoms with van der Waals surface area (Å²) in [5.41, 5.74) is 4.48. The van der Waals surface area contributed by atoms with Crippen LogP contribution in [0.3, 0.4) is 0 Å². The van der Waals surface area contributed by atoms with Crippen molar-refractivity contribution in [3.63, 3.8) is 0 Å². The molecule has 11 nitrogen and oxygen atoms in total. The molecular formula is C28H28Cl2N4O7. The number of nitrogens with zero attached hydrogens (tertiary/aromatic N) is 1. The SMILES string of the molecule is CCOc1cc([C@H]2NC(=O)NC(C)=C2C(=O)OC)ccc1OC[C@H](O)N/N=C/c1ccc(-c2ccc(Cl)cc2Cl)o1. The third-order valence-electron chi connectivity index (χ3n) is 5.91. The number of allylic oxidation sites excluding steroid dienone is 1. The van der Waals surface area contributed by atoms with E-state index < -0.39 is 24.3 Å². The van der Waals surface area contributed by atoms with Crippen LogP contribution in [0.4, 0.5) is 4.79 Å². The monoisotopic (exact) mass is 602 g/mol. The van der Waals surface area contributed by atoms with Crippen molar-refractivity contribution in [1.29, 1.82) is 0 Å². The molecule has 0 bridgehead atoms. The largest absolute Gasteiger partial charge is 0.490 e. The van der Waals surface area contributed by atoms with Crippen molar-refractivity contribution >= 4 is 41.4 Å². The Morgan fingerprint density at radius 2 is 1.98 bits per heavy atom. The van der Waals surface area contributed by atoms with E-state index in [-0.39, 0.29) is 12.2 Å². The molecule has 0 radical (unpaired) electrons. The number of benzene rings is 2. The highest BCUT2D eigenvalue weighted by Crippen LogP contribution is 2.35. The number of aliphatic hydroxyl groups excluding tert-OH is 1. The molecule has 2 atom stereocenters. The first-order chi connectivity index (χ1) is 19.7. The third-order valence-corrected chi connectivity index (χ3v) is 6.46. The number of hydrogen-bond donors (Lipinski definition) is 4. The number of methoxy groups -OCH3 is 1. The van der Waals surface area contributed by atoms with E-state index in [2.05, 4.69) is 21.2 Å². The quantitative estimate of drug-likeness (QED) is 0.106. The normalized spacial score (nSPS) is 15.8. The molecule has 216 valence electrons. The lowest BCUT2D eigenvalue weighted by molar-refractivity contribution is -0.136. The molecule has 0 aliphatic carbocycles. The predicted octanol–water partition coefficient (Wildman–Crippen LogP) is 4.77. The number of ether oxygens (including phenoxy) is 3. The molecule has 0 saturated heterocycles. The molecule has 1 aliphatic heterocycles. The van der Waals surface area contributed by atoms with Gasteiger partial charge < -0.3 is 34.4 Å². The molecule has 2 aromatic carbocycles. The molecule has 1 aromatic heterocycles. The van der Waals surface area contributed by atoms with Crippen LogP contribution in [0.2, 0.25) is 10.0 Å². The molecule has 13 heteroatoms. The number of hydrazone groups is 1. The maximum absolute atomic E-state index is 12.4. The van der Waals surface area contributed by atoms with Crippen molar-refractivity contribution < 1.29 is 33.3 Å². The predicted molar refractivity (Wildman–Crippen MR) is 153 cm³/mol. The number of nitrogens with one attached hydrogen (secondary N) is 3. The van der Waals surface area contributed by atoms with Gasteiger partial charge >= 0.3 is 12.0 Å². The highest BCUT2D eigenvalue weighted by molar-refractivity contribution is 6.36. The minimum Gasteiger partial charge on any atom is -0.490 e. The van der Waals surface area contributed by atoms with E-state index in [9.17, 15) is 14.7 Å². The summed E-state index contributed by atoms with van der Waals surface area (Å²) in [7, 11) is 1.27. The van der Waals surface area contributed by atoms with Crippen LogP contribution in [0.5, 0.6) is 11.5 Å². The fraction of sp³-hybridized carbons (Fsp3) is 0.250. The van der Waals surface area contributed by atoms with E-state index in [1.165, 1.54) is 13.3 Å². The summed E-state index contributed by atoms with van der Waals surface area (Å²) >= 11 is 12.2. The zero-order valence-corrected chi connectivity index (χ0v) is 23.9. The molecule has 41 heavy (non-hydrogen) atoms. The second-order valence-corrected chi connectivity index (χ2v) is 9.58. The Bertz CT molecular complexity index is 1490. The second kappa shape index (κ2) is 13.4. The van der Waals surface area contributed by atoms with Crippen LogP contribution in [0.1, 0.15) is 31.2 Å². The standard InChI is InChI=1S/C28H28Cl2N4O7/c1-4-39-23-11-16(26-25(27(36)38-3)15(2)32-28(37)33-26)5-9-22(23)40-14-24(35)34-31-13-18-7-10-21(41-18)19-8-6-17(29)12-20(19)30/h5-13,24,26,34-35H,4,14H2,1-3H3,(H2,32,33,37)/b31-13+/t24-,26+/m0/s1. The van der Waals surface area contributed by atoms with Crippen LogP contribution in [0, 0.1) is 0 Å².